The van der Waals surface area contributed by atoms with Crippen molar-refractivity contribution in [2.45, 2.75) is 13.3 Å². The molecule has 92 valence electrons. The van der Waals surface area contributed by atoms with E-state index in [1.807, 2.05) is 0 Å². The summed E-state index contributed by atoms with van der Waals surface area (Å²) in [6, 6.07) is 0.746. The number of nitrogens with zero attached hydrogens (tertiary/aromatic N) is 2. The molecule has 0 unspecified atom stereocenters. The van der Waals surface area contributed by atoms with Gasteiger partial charge in [0, 0.05) is 6.07 Å². The predicted molar refractivity (Wildman–Crippen MR) is 51.9 cm³/mol. The number of carbonyl (C=O) groups excluding carboxylic acids is 1. The van der Waals surface area contributed by atoms with Crippen molar-refractivity contribution in [2.75, 3.05) is 7.11 Å². The Hall–Kier alpha value is -2.12. The number of esters is 1. The van der Waals surface area contributed by atoms with Gasteiger partial charge in [0.1, 0.15) is 11.4 Å². The molecule has 0 spiro atoms. The Morgan fingerprint density at radius 1 is 1.59 bits per heavy atom. The molecule has 0 saturated carbocycles. The van der Waals surface area contributed by atoms with E-state index in [0.717, 1.165) is 13.2 Å². The maximum atomic E-state index is 12.6. The van der Waals surface area contributed by atoms with Crippen molar-refractivity contribution in [3.05, 3.63) is 33.1 Å². The molecule has 1 heterocycles. The van der Waals surface area contributed by atoms with E-state index in [1.54, 1.807) is 0 Å². The number of carbonyl (C=O) groups is 1. The average molecular weight is 246 g/mol. The highest BCUT2D eigenvalue weighted by molar-refractivity contribution is 5.91. The molecule has 0 fully saturated rings. The minimum Gasteiger partial charge on any atom is -0.465 e. The molecule has 8 heteroatoms. The summed E-state index contributed by atoms with van der Waals surface area (Å²) in [6.07, 6.45) is -3.01. The number of methoxy groups -OCH3 is 1. The normalized spacial score (nSPS) is 10.4. The average Bonchev–Trinajstić information content (AvgIpc) is 2.26. The Bertz CT molecular complexity index is 476. The van der Waals surface area contributed by atoms with Gasteiger partial charge in [-0.2, -0.15) is 0 Å². The summed E-state index contributed by atoms with van der Waals surface area (Å²) in [5, 5.41) is 10.6. The topological polar surface area (TPSA) is 82.3 Å². The molecule has 0 N–H and O–H groups in total. The zero-order valence-corrected chi connectivity index (χ0v) is 8.94. The lowest BCUT2D eigenvalue weighted by atomic mass is 10.1. The van der Waals surface area contributed by atoms with E-state index in [0.29, 0.717) is 0 Å². The zero-order chi connectivity index (χ0) is 13.2. The number of halogens is 2. The molecule has 1 rings (SSSR count). The minimum absolute atomic E-state index is 0.182. The van der Waals surface area contributed by atoms with Crippen LogP contribution in [-0.2, 0) is 4.74 Å². The number of hydrogen-bond acceptors (Lipinski definition) is 5. The van der Waals surface area contributed by atoms with E-state index in [9.17, 15) is 23.7 Å². The van der Waals surface area contributed by atoms with Crippen molar-refractivity contribution in [3.63, 3.8) is 0 Å². The van der Waals surface area contributed by atoms with Crippen LogP contribution in [0.1, 0.15) is 28.2 Å². The molecule has 0 atom stereocenters. The minimum atomic E-state index is -3.01. The lowest BCUT2D eigenvalue weighted by molar-refractivity contribution is -0.385. The van der Waals surface area contributed by atoms with Crippen LogP contribution in [0.2, 0.25) is 0 Å². The van der Waals surface area contributed by atoms with Gasteiger partial charge < -0.3 is 4.74 Å². The highest BCUT2D eigenvalue weighted by Crippen LogP contribution is 2.27. The van der Waals surface area contributed by atoms with Crippen molar-refractivity contribution in [1.29, 1.82) is 0 Å². The molecule has 1 aromatic rings. The van der Waals surface area contributed by atoms with Gasteiger partial charge in [-0.3, -0.25) is 10.1 Å². The van der Waals surface area contributed by atoms with E-state index in [4.69, 9.17) is 0 Å². The van der Waals surface area contributed by atoms with E-state index < -0.39 is 34.3 Å². The Balaban J connectivity index is 3.47. The first-order valence-corrected chi connectivity index (χ1v) is 4.40. The number of ether oxygens (including phenoxy) is 1. The number of rotatable bonds is 3. The lowest BCUT2D eigenvalue weighted by Gasteiger charge is -2.07. The second-order valence-corrected chi connectivity index (χ2v) is 3.08. The van der Waals surface area contributed by atoms with E-state index >= 15 is 0 Å². The summed E-state index contributed by atoms with van der Waals surface area (Å²) < 4.78 is 29.5. The number of hydrogen-bond donors (Lipinski definition) is 0. The van der Waals surface area contributed by atoms with Gasteiger partial charge in [0.25, 0.3) is 12.1 Å². The van der Waals surface area contributed by atoms with Crippen LogP contribution >= 0.6 is 0 Å². The summed E-state index contributed by atoms with van der Waals surface area (Å²) >= 11 is 0. The second-order valence-electron chi connectivity index (χ2n) is 3.08. The van der Waals surface area contributed by atoms with Crippen molar-refractivity contribution < 1.29 is 23.2 Å². The number of aromatic nitrogens is 1. The van der Waals surface area contributed by atoms with Gasteiger partial charge in [0.2, 0.25) is 0 Å². The molecule has 1 aromatic heterocycles. The standard InChI is InChI=1S/C9H8F2N2O4/c1-4-6(13(15)16)3-5(9(14)17-2)7(12-4)8(10)11/h3,8H,1-2H3. The van der Waals surface area contributed by atoms with Gasteiger partial charge >= 0.3 is 5.97 Å². The van der Waals surface area contributed by atoms with Crippen molar-refractivity contribution in [2.24, 2.45) is 0 Å². The molecular weight excluding hydrogens is 238 g/mol. The highest BCUT2D eigenvalue weighted by Gasteiger charge is 2.26. The van der Waals surface area contributed by atoms with Crippen molar-refractivity contribution >= 4 is 11.7 Å². The van der Waals surface area contributed by atoms with Crippen LogP contribution in [0.5, 0.6) is 0 Å². The van der Waals surface area contributed by atoms with Crippen LogP contribution < -0.4 is 0 Å². The summed E-state index contributed by atoms with van der Waals surface area (Å²) in [5.74, 6) is -1.09. The third-order valence-corrected chi connectivity index (χ3v) is 2.02. The van der Waals surface area contributed by atoms with E-state index in [-0.39, 0.29) is 5.69 Å². The zero-order valence-electron chi connectivity index (χ0n) is 8.94. The number of nitro groups is 1. The quantitative estimate of drug-likeness (QED) is 0.463. The SMILES string of the molecule is COC(=O)c1cc([N+](=O)[O-])c(C)nc1C(F)F. The summed E-state index contributed by atoms with van der Waals surface area (Å²) in [7, 11) is 0.989. The maximum Gasteiger partial charge on any atom is 0.340 e. The molecule has 0 aliphatic heterocycles. The molecule has 0 bridgehead atoms. The highest BCUT2D eigenvalue weighted by atomic mass is 19.3. The van der Waals surface area contributed by atoms with E-state index in [1.165, 1.54) is 6.92 Å². The van der Waals surface area contributed by atoms with Crippen LogP contribution in [-0.4, -0.2) is 23.0 Å². The Kier molecular flexibility index (Phi) is 3.66. The molecule has 0 aromatic carbocycles. The van der Waals surface area contributed by atoms with Crippen LogP contribution in [0, 0.1) is 17.0 Å². The fourth-order valence-electron chi connectivity index (χ4n) is 1.24. The van der Waals surface area contributed by atoms with E-state index in [2.05, 4.69) is 9.72 Å². The van der Waals surface area contributed by atoms with Gasteiger partial charge in [-0.1, -0.05) is 0 Å². The molecular formula is C9H8F2N2O4. The Morgan fingerprint density at radius 2 is 2.18 bits per heavy atom. The van der Waals surface area contributed by atoms with Gasteiger partial charge in [-0.15, -0.1) is 0 Å². The Morgan fingerprint density at radius 3 is 2.59 bits per heavy atom. The van der Waals surface area contributed by atoms with Crippen molar-refractivity contribution in [1.82, 2.24) is 4.98 Å². The molecule has 17 heavy (non-hydrogen) atoms. The number of alkyl halides is 2. The first-order chi connectivity index (χ1) is 7.88. The third-order valence-electron chi connectivity index (χ3n) is 2.02. The molecule has 0 aliphatic rings. The van der Waals surface area contributed by atoms with Crippen LogP contribution in [0.25, 0.3) is 0 Å². The first-order valence-electron chi connectivity index (χ1n) is 4.40. The monoisotopic (exact) mass is 246 g/mol. The molecule has 0 radical (unpaired) electrons. The van der Waals surface area contributed by atoms with Crippen molar-refractivity contribution in [3.8, 4) is 0 Å². The van der Waals surface area contributed by atoms with Gasteiger partial charge in [0.15, 0.2) is 0 Å². The Labute approximate surface area is 94.4 Å². The number of pyridine rings is 1. The van der Waals surface area contributed by atoms with Crippen LogP contribution in [0.15, 0.2) is 6.07 Å². The fraction of sp³-hybridized carbons (Fsp3) is 0.333. The largest absolute Gasteiger partial charge is 0.465 e. The summed E-state index contributed by atoms with van der Waals surface area (Å²) in [5.41, 5.74) is -2.10. The number of aryl methyl sites for hydroxylation is 1. The summed E-state index contributed by atoms with van der Waals surface area (Å²) in [6.45, 7) is 1.21. The third kappa shape index (κ3) is 2.52. The maximum absolute atomic E-state index is 12.6. The van der Waals surface area contributed by atoms with Gasteiger partial charge in [0.05, 0.1) is 17.6 Å². The first kappa shape index (κ1) is 12.9. The smallest absolute Gasteiger partial charge is 0.340 e. The molecule has 0 aliphatic carbocycles. The van der Waals surface area contributed by atoms with Gasteiger partial charge in [-0.05, 0) is 6.92 Å². The molecule has 0 saturated heterocycles. The second kappa shape index (κ2) is 4.81. The fourth-order valence-corrected chi connectivity index (χ4v) is 1.24. The summed E-state index contributed by atoms with van der Waals surface area (Å²) in [4.78, 5) is 24.4. The van der Waals surface area contributed by atoms with Crippen LogP contribution in [0.3, 0.4) is 0 Å². The molecule has 6 nitrogen and oxygen atoms in total. The predicted octanol–water partition coefficient (Wildman–Crippen LogP) is 2.02. The lowest BCUT2D eigenvalue weighted by Crippen LogP contribution is -2.10. The molecule has 0 amide bonds. The van der Waals surface area contributed by atoms with Gasteiger partial charge in [-0.25, -0.2) is 18.6 Å². The van der Waals surface area contributed by atoms with Crippen LogP contribution in [0.4, 0.5) is 14.5 Å².